The number of imidazole rings is 1. The molecule has 0 amide bonds. The molecule has 2 rings (SSSR count). The van der Waals surface area contributed by atoms with Crippen molar-refractivity contribution in [1.82, 2.24) is 9.38 Å². The SMILES string of the molecule is O=C([O-])c1nc2ccccn2c1C(F)(F)F. The Hall–Kier alpha value is -2.05. The lowest BCUT2D eigenvalue weighted by Gasteiger charge is -2.08. The average Bonchev–Trinajstić information content (AvgIpc) is 2.55. The second-order valence-electron chi connectivity index (χ2n) is 3.02. The van der Waals surface area contributed by atoms with E-state index in [2.05, 4.69) is 4.98 Å². The minimum Gasteiger partial charge on any atom is -0.543 e. The molecule has 0 aliphatic heterocycles. The van der Waals surface area contributed by atoms with Gasteiger partial charge in [0.05, 0.1) is 5.97 Å². The minimum absolute atomic E-state index is 0.0889. The summed E-state index contributed by atoms with van der Waals surface area (Å²) >= 11 is 0. The molecular formula is C9H4F3N2O2-. The second kappa shape index (κ2) is 3.22. The molecule has 0 N–H and O–H groups in total. The maximum absolute atomic E-state index is 12.6. The number of carboxylic acid groups (broad SMARTS) is 1. The van der Waals surface area contributed by atoms with Gasteiger partial charge in [-0.2, -0.15) is 13.2 Å². The fourth-order valence-electron chi connectivity index (χ4n) is 1.41. The topological polar surface area (TPSA) is 57.4 Å². The molecule has 2 aromatic rings. The Morgan fingerprint density at radius 1 is 1.38 bits per heavy atom. The van der Waals surface area contributed by atoms with Crippen LogP contribution in [-0.2, 0) is 6.18 Å². The third-order valence-electron chi connectivity index (χ3n) is 1.99. The first-order valence-corrected chi connectivity index (χ1v) is 4.17. The van der Waals surface area contributed by atoms with Gasteiger partial charge >= 0.3 is 6.18 Å². The first-order chi connectivity index (χ1) is 7.41. The van der Waals surface area contributed by atoms with Gasteiger partial charge in [-0.3, -0.25) is 4.40 Å². The first-order valence-electron chi connectivity index (χ1n) is 4.17. The number of hydrogen-bond donors (Lipinski definition) is 0. The lowest BCUT2D eigenvalue weighted by Crippen LogP contribution is -2.26. The average molecular weight is 229 g/mol. The predicted octanol–water partition coefficient (Wildman–Crippen LogP) is 0.717. The maximum Gasteiger partial charge on any atom is 0.434 e. The zero-order chi connectivity index (χ0) is 11.9. The van der Waals surface area contributed by atoms with Crippen molar-refractivity contribution in [3.05, 3.63) is 35.8 Å². The number of aromatic carboxylic acids is 1. The number of nitrogens with zero attached hydrogens (tertiary/aromatic N) is 2. The van der Waals surface area contributed by atoms with Crippen LogP contribution in [0.4, 0.5) is 13.2 Å². The van der Waals surface area contributed by atoms with Gasteiger partial charge in [-0.15, -0.1) is 0 Å². The molecule has 16 heavy (non-hydrogen) atoms. The number of carboxylic acids is 1. The van der Waals surface area contributed by atoms with Crippen LogP contribution < -0.4 is 5.11 Å². The number of carbonyl (C=O) groups excluding carboxylic acids is 1. The van der Waals surface area contributed by atoms with Crippen LogP contribution in [0.1, 0.15) is 16.2 Å². The number of aromatic nitrogens is 2. The van der Waals surface area contributed by atoms with Crippen molar-refractivity contribution in [1.29, 1.82) is 0 Å². The highest BCUT2D eigenvalue weighted by molar-refractivity contribution is 5.86. The molecule has 2 heterocycles. The Morgan fingerprint density at radius 3 is 2.62 bits per heavy atom. The molecule has 2 aromatic heterocycles. The quantitative estimate of drug-likeness (QED) is 0.723. The molecule has 7 heteroatoms. The van der Waals surface area contributed by atoms with Gasteiger partial charge < -0.3 is 9.90 Å². The van der Waals surface area contributed by atoms with Crippen LogP contribution in [0.25, 0.3) is 5.65 Å². The summed E-state index contributed by atoms with van der Waals surface area (Å²) in [4.78, 5) is 13.9. The number of alkyl halides is 3. The summed E-state index contributed by atoms with van der Waals surface area (Å²) in [6, 6.07) is 4.09. The molecule has 0 saturated heterocycles. The normalized spacial score (nSPS) is 11.9. The van der Waals surface area contributed by atoms with Crippen LogP contribution in [0.15, 0.2) is 24.4 Å². The van der Waals surface area contributed by atoms with Crippen LogP contribution >= 0.6 is 0 Å². The van der Waals surface area contributed by atoms with E-state index in [-0.39, 0.29) is 5.65 Å². The zero-order valence-corrected chi connectivity index (χ0v) is 7.65. The molecule has 0 unspecified atom stereocenters. The van der Waals surface area contributed by atoms with Gasteiger partial charge in [0.25, 0.3) is 0 Å². The Morgan fingerprint density at radius 2 is 2.06 bits per heavy atom. The van der Waals surface area contributed by atoms with Gasteiger partial charge in [0.1, 0.15) is 11.3 Å². The van der Waals surface area contributed by atoms with Crippen LogP contribution in [0.3, 0.4) is 0 Å². The van der Waals surface area contributed by atoms with Gasteiger partial charge in [-0.1, -0.05) is 6.07 Å². The summed E-state index contributed by atoms with van der Waals surface area (Å²) in [5.74, 6) is -1.95. The van der Waals surface area contributed by atoms with Crippen molar-refractivity contribution in [2.45, 2.75) is 6.18 Å². The van der Waals surface area contributed by atoms with Crippen LogP contribution in [-0.4, -0.2) is 15.4 Å². The highest BCUT2D eigenvalue weighted by Gasteiger charge is 2.38. The molecule has 0 saturated carbocycles. The molecule has 0 aromatic carbocycles. The summed E-state index contributed by atoms with van der Waals surface area (Å²) < 4.78 is 38.5. The molecule has 0 spiro atoms. The first kappa shape index (κ1) is 10.5. The van der Waals surface area contributed by atoms with E-state index >= 15 is 0 Å². The summed E-state index contributed by atoms with van der Waals surface area (Å²) in [7, 11) is 0. The highest BCUT2D eigenvalue weighted by atomic mass is 19.4. The van der Waals surface area contributed by atoms with E-state index < -0.39 is 23.5 Å². The molecular weight excluding hydrogens is 225 g/mol. The van der Waals surface area contributed by atoms with E-state index in [1.54, 1.807) is 0 Å². The maximum atomic E-state index is 12.6. The van der Waals surface area contributed by atoms with Crippen molar-refractivity contribution in [3.63, 3.8) is 0 Å². The van der Waals surface area contributed by atoms with Crippen molar-refractivity contribution in [2.24, 2.45) is 0 Å². The highest BCUT2D eigenvalue weighted by Crippen LogP contribution is 2.32. The summed E-state index contributed by atoms with van der Waals surface area (Å²) in [6.45, 7) is 0. The lowest BCUT2D eigenvalue weighted by molar-refractivity contribution is -0.256. The van der Waals surface area contributed by atoms with Crippen LogP contribution in [0.2, 0.25) is 0 Å². The number of fused-ring (bicyclic) bond motifs is 1. The molecule has 84 valence electrons. The molecule has 0 aliphatic carbocycles. The van der Waals surface area contributed by atoms with Crippen LogP contribution in [0.5, 0.6) is 0 Å². The van der Waals surface area contributed by atoms with Crippen LogP contribution in [0, 0.1) is 0 Å². The monoisotopic (exact) mass is 229 g/mol. The van der Waals surface area contributed by atoms with Crippen molar-refractivity contribution in [3.8, 4) is 0 Å². The van der Waals surface area contributed by atoms with E-state index in [0.717, 1.165) is 6.20 Å². The summed E-state index contributed by atoms with van der Waals surface area (Å²) in [5, 5.41) is 10.6. The Bertz CT molecular complexity index is 559. The molecule has 0 aliphatic rings. The fourth-order valence-corrected chi connectivity index (χ4v) is 1.41. The summed E-state index contributed by atoms with van der Waals surface area (Å²) in [6.07, 6.45) is -3.70. The Kier molecular flexibility index (Phi) is 2.11. The third kappa shape index (κ3) is 1.50. The van der Waals surface area contributed by atoms with Crippen molar-refractivity contribution in [2.75, 3.05) is 0 Å². The molecule has 0 atom stereocenters. The molecule has 0 fully saturated rings. The van der Waals surface area contributed by atoms with Gasteiger partial charge in [0.15, 0.2) is 5.69 Å². The molecule has 4 nitrogen and oxygen atoms in total. The number of halogens is 3. The van der Waals surface area contributed by atoms with E-state index in [0.29, 0.717) is 4.40 Å². The fraction of sp³-hybridized carbons (Fsp3) is 0.111. The van der Waals surface area contributed by atoms with Gasteiger partial charge in [0.2, 0.25) is 0 Å². The smallest absolute Gasteiger partial charge is 0.434 e. The zero-order valence-electron chi connectivity index (χ0n) is 7.65. The number of hydrogen-bond acceptors (Lipinski definition) is 3. The number of rotatable bonds is 1. The largest absolute Gasteiger partial charge is 0.543 e. The Labute approximate surface area is 87.0 Å². The lowest BCUT2D eigenvalue weighted by atomic mass is 10.3. The number of pyridine rings is 1. The summed E-state index contributed by atoms with van der Waals surface area (Å²) in [5.41, 5.74) is -2.52. The minimum atomic E-state index is -4.80. The van der Waals surface area contributed by atoms with E-state index in [9.17, 15) is 23.1 Å². The second-order valence-corrected chi connectivity index (χ2v) is 3.02. The standard InChI is InChI=1S/C9H5F3N2O2/c10-9(11,12)7-6(8(15)16)13-5-3-1-2-4-14(5)7/h1-4H,(H,15,16)/p-1. The van der Waals surface area contributed by atoms with E-state index in [1.807, 2.05) is 0 Å². The number of carbonyl (C=O) groups is 1. The Balaban J connectivity index is 2.85. The van der Waals surface area contributed by atoms with Gasteiger partial charge in [0, 0.05) is 6.20 Å². The van der Waals surface area contributed by atoms with Gasteiger partial charge in [-0.25, -0.2) is 4.98 Å². The van der Waals surface area contributed by atoms with E-state index in [4.69, 9.17) is 0 Å². The van der Waals surface area contributed by atoms with E-state index in [1.165, 1.54) is 18.2 Å². The predicted molar refractivity (Wildman–Crippen MR) is 44.5 cm³/mol. The van der Waals surface area contributed by atoms with Crippen molar-refractivity contribution < 1.29 is 23.1 Å². The molecule has 0 bridgehead atoms. The molecule has 0 radical (unpaired) electrons. The van der Waals surface area contributed by atoms with Gasteiger partial charge in [-0.05, 0) is 12.1 Å². The van der Waals surface area contributed by atoms with Crippen molar-refractivity contribution >= 4 is 11.6 Å². The third-order valence-corrected chi connectivity index (χ3v) is 1.99.